The number of benzene rings is 3. The number of hydrogen-bond donors (Lipinski definition) is 3. The van der Waals surface area contributed by atoms with E-state index >= 15 is 0 Å². The minimum atomic E-state index is 0. The molecule has 1 aliphatic heterocycles. The number of imidazole rings is 1. The fourth-order valence-corrected chi connectivity index (χ4v) is 4.89. The first kappa shape index (κ1) is 56.5. The Morgan fingerprint density at radius 1 is 0.491 bits per heavy atom. The third-order valence-electron chi connectivity index (χ3n) is 7.00. The van der Waals surface area contributed by atoms with Gasteiger partial charge in [0, 0.05) is 48.9 Å². The summed E-state index contributed by atoms with van der Waals surface area (Å²) in [6.45, 7) is 2.00. The second-order valence-electron chi connectivity index (χ2n) is 10.6. The van der Waals surface area contributed by atoms with Gasteiger partial charge in [-0.05, 0) is 66.8 Å². The number of ether oxygens (including phenoxy) is 1. The van der Waals surface area contributed by atoms with Crippen LogP contribution in [-0.4, -0.2) is 53.5 Å². The van der Waals surface area contributed by atoms with Crippen LogP contribution in [0.15, 0.2) is 139 Å². The molecule has 9 nitrogen and oxygen atoms in total. The van der Waals surface area contributed by atoms with Gasteiger partial charge in [0.05, 0.1) is 22.9 Å². The van der Waals surface area contributed by atoms with Gasteiger partial charge in [0.2, 0.25) is 0 Å². The van der Waals surface area contributed by atoms with E-state index in [0.717, 1.165) is 35.3 Å². The van der Waals surface area contributed by atoms with Crippen LogP contribution in [0.4, 0.5) is 0 Å². The third kappa shape index (κ3) is 24.0. The zero-order valence-corrected chi connectivity index (χ0v) is 28.0. The topological polar surface area (TPSA) is 121 Å². The molecule has 0 amide bonds. The normalized spacial score (nSPS) is 11.0. The van der Waals surface area contributed by atoms with Crippen molar-refractivity contribution < 1.29 is 4.74 Å². The first-order valence-corrected chi connectivity index (χ1v) is 17.2. The van der Waals surface area contributed by atoms with Crippen molar-refractivity contribution in [2.75, 3.05) is 13.2 Å². The van der Waals surface area contributed by atoms with Gasteiger partial charge in [-0.15, -0.1) is 11.3 Å². The molecule has 0 radical (unpaired) electrons. The zero-order valence-electron chi connectivity index (χ0n) is 27.2. The Bertz CT molecular complexity index is 1550. The maximum Gasteiger partial charge on any atom is 0.112 e. The van der Waals surface area contributed by atoms with Gasteiger partial charge in [-0.3, -0.25) is 9.97 Å². The zero-order chi connectivity index (χ0) is 33.2. The Hall–Kier alpha value is -5.19. The van der Waals surface area contributed by atoms with Gasteiger partial charge in [-0.2, -0.15) is 15.4 Å². The van der Waals surface area contributed by atoms with Crippen molar-refractivity contribution >= 4 is 44.3 Å². The molecule has 6 heterocycles. The molecule has 1 saturated heterocycles. The van der Waals surface area contributed by atoms with Crippen molar-refractivity contribution in [3.8, 4) is 0 Å². The molecule has 1 aliphatic carbocycles. The van der Waals surface area contributed by atoms with Gasteiger partial charge >= 0.3 is 0 Å². The Morgan fingerprint density at radius 3 is 1.45 bits per heavy atom. The highest BCUT2D eigenvalue weighted by atomic mass is 32.1. The number of fused-ring (bicyclic) bond motifs is 3. The highest BCUT2D eigenvalue weighted by Crippen LogP contribution is 2.15. The molecule has 8 aromatic rings. The van der Waals surface area contributed by atoms with Crippen molar-refractivity contribution in [1.29, 1.82) is 0 Å². The van der Waals surface area contributed by atoms with Gasteiger partial charge in [-0.1, -0.05) is 133 Å². The number of nitrogens with zero attached hydrogens (tertiary/aromatic N) is 5. The van der Waals surface area contributed by atoms with E-state index in [9.17, 15) is 0 Å². The monoisotopic (exact) mass is 773 g/mol. The van der Waals surface area contributed by atoms with E-state index < -0.39 is 0 Å². The van der Waals surface area contributed by atoms with E-state index in [1.165, 1.54) is 55.8 Å². The molecule has 3 N–H and O–H groups in total. The molecule has 2 fully saturated rings. The third-order valence-corrected chi connectivity index (χ3v) is 7.53. The maximum absolute atomic E-state index is 4.94. The van der Waals surface area contributed by atoms with Crippen LogP contribution in [0.3, 0.4) is 0 Å². The van der Waals surface area contributed by atoms with Gasteiger partial charge in [0.25, 0.3) is 0 Å². The van der Waals surface area contributed by atoms with Crippen molar-refractivity contribution in [3.63, 3.8) is 0 Å². The lowest BCUT2D eigenvalue weighted by molar-refractivity contribution is 0.198. The summed E-state index contributed by atoms with van der Waals surface area (Å²) in [6.07, 6.45) is 19.0. The summed E-state index contributed by atoms with van der Waals surface area (Å²) in [4.78, 5) is 17.7. The highest BCUT2D eigenvalue weighted by Gasteiger charge is 1.96. The minimum Gasteiger partial charge on any atom is -0.381 e. The Kier molecular flexibility index (Phi) is 38.2. The molecule has 0 atom stereocenters. The molecule has 1 saturated carbocycles. The fraction of sp³-hybridized carbons (Fsp3) is 0.356. The summed E-state index contributed by atoms with van der Waals surface area (Å²) >= 11 is 1.60. The fourth-order valence-electron chi connectivity index (χ4n) is 4.54. The summed E-state index contributed by atoms with van der Waals surface area (Å²) in [5.74, 6) is 0. The number of nitrogens with one attached hydrogen (secondary N) is 3. The first-order valence-electron chi connectivity index (χ1n) is 16.3. The summed E-state index contributed by atoms with van der Waals surface area (Å²) in [5, 5.41) is 13.5. The Labute approximate surface area is 337 Å². The van der Waals surface area contributed by atoms with Gasteiger partial charge in [-0.25, -0.2) is 4.98 Å². The molecule has 3 aromatic carbocycles. The predicted octanol–water partition coefficient (Wildman–Crippen LogP) is 14.1. The number of para-hydroxylation sites is 5. The van der Waals surface area contributed by atoms with E-state index in [0.29, 0.717) is 0 Å². The van der Waals surface area contributed by atoms with Crippen LogP contribution in [0, 0.1) is 0 Å². The molecule has 2 aliphatic rings. The smallest absolute Gasteiger partial charge is 0.112 e. The lowest BCUT2D eigenvalue weighted by atomic mass is 10.3. The summed E-state index contributed by atoms with van der Waals surface area (Å²) in [7, 11) is 0. The van der Waals surface area contributed by atoms with Crippen LogP contribution < -0.4 is 0 Å². The summed E-state index contributed by atoms with van der Waals surface area (Å²) in [5.41, 5.74) is 6.95. The second kappa shape index (κ2) is 37.1. The predicted molar refractivity (Wildman–Crippen MR) is 245 cm³/mol. The molecular formula is C45H72N8OS. The van der Waals surface area contributed by atoms with Crippen molar-refractivity contribution in [2.45, 2.75) is 96.9 Å². The van der Waals surface area contributed by atoms with Crippen molar-refractivity contribution in [2.24, 2.45) is 0 Å². The van der Waals surface area contributed by atoms with E-state index in [2.05, 4.69) is 58.5 Å². The maximum atomic E-state index is 4.94. The number of pyridine rings is 1. The molecule has 0 spiro atoms. The van der Waals surface area contributed by atoms with Gasteiger partial charge in [0.15, 0.2) is 0 Å². The highest BCUT2D eigenvalue weighted by molar-refractivity contribution is 7.07. The van der Waals surface area contributed by atoms with Crippen LogP contribution in [0.1, 0.15) is 96.9 Å². The van der Waals surface area contributed by atoms with Crippen molar-refractivity contribution in [3.05, 3.63) is 139 Å². The quantitative estimate of drug-likeness (QED) is 0.141. The molecule has 5 aromatic heterocycles. The molecule has 10 heteroatoms. The van der Waals surface area contributed by atoms with Crippen molar-refractivity contribution in [1.82, 2.24) is 40.3 Å². The SMILES string of the molecule is C.C.C.C.C.C.C.C1CCCC1.C1CCOC1.c1ccc2[nH]ccc2c1.c1ccc2[nH]cnc2c1.c1ccc2n[nH]nc2c1.c1ccncc1.c1cscn1. The molecule has 55 heavy (non-hydrogen) atoms. The average Bonchev–Trinajstić information content (AvgIpc) is 4.03. The van der Waals surface area contributed by atoms with E-state index in [4.69, 9.17) is 4.74 Å². The van der Waals surface area contributed by atoms with E-state index in [1.807, 2.05) is 90.4 Å². The Balaban J connectivity index is -0.000000274. The van der Waals surface area contributed by atoms with E-state index in [1.54, 1.807) is 41.8 Å². The number of H-pyrrole nitrogens is 3. The number of rotatable bonds is 0. The molecule has 10 rings (SSSR count). The summed E-state index contributed by atoms with van der Waals surface area (Å²) in [6, 6.07) is 31.6. The van der Waals surface area contributed by atoms with Gasteiger partial charge < -0.3 is 14.7 Å². The molecular weight excluding hydrogens is 701 g/mol. The molecule has 304 valence electrons. The van der Waals surface area contributed by atoms with Crippen LogP contribution in [-0.2, 0) is 4.74 Å². The summed E-state index contributed by atoms with van der Waals surface area (Å²) < 4.78 is 4.94. The van der Waals surface area contributed by atoms with Gasteiger partial charge in [0.1, 0.15) is 11.0 Å². The lowest BCUT2D eigenvalue weighted by Gasteiger charge is -1.83. The lowest BCUT2D eigenvalue weighted by Crippen LogP contribution is -1.74. The number of hydrogen-bond acceptors (Lipinski definition) is 7. The number of aromatic nitrogens is 8. The minimum absolute atomic E-state index is 0. The average molecular weight is 773 g/mol. The van der Waals surface area contributed by atoms with Crippen LogP contribution >= 0.6 is 11.3 Å². The van der Waals surface area contributed by atoms with E-state index in [-0.39, 0.29) is 52.0 Å². The van der Waals surface area contributed by atoms with Crippen LogP contribution in [0.25, 0.3) is 33.0 Å². The Morgan fingerprint density at radius 2 is 1.04 bits per heavy atom. The molecule has 0 unspecified atom stereocenters. The molecule has 0 bridgehead atoms. The number of thiazole rings is 1. The van der Waals surface area contributed by atoms with Crippen LogP contribution in [0.5, 0.6) is 0 Å². The van der Waals surface area contributed by atoms with Crippen LogP contribution in [0.2, 0.25) is 0 Å². The largest absolute Gasteiger partial charge is 0.381 e. The first-order chi connectivity index (χ1) is 23.9. The standard InChI is InChI=1S/C8H7N.C7H6N2.C6H5N3.C5H5N.C5H10.C4H8O.C3H3NS.7CH4/c1-2-4-8-7(3-1)5-6-9-8;1-2-4-7-6(3-1)8-5-9-7;1-2-4-6-5(3-1)7-9-8-6;1-2-4-6-5-3-1;2*1-2-4-5-3-1;1-2-5-3-4-1;;;;;;;/h1-6,9H;1-5H,(H,8,9);1-4H,(H,7,8,9);1-5H;1-5H2;1-4H2;1-3H;7*1H4. The second-order valence-corrected chi connectivity index (χ2v) is 11.3. The number of aromatic amines is 3.